The Morgan fingerprint density at radius 1 is 1.67 bits per heavy atom. The summed E-state index contributed by atoms with van der Waals surface area (Å²) in [6.45, 7) is 2.15. The molecule has 0 aromatic carbocycles. The highest BCUT2D eigenvalue weighted by atomic mass is 16.6. The first kappa shape index (κ1) is 10.8. The first-order chi connectivity index (χ1) is 7.15. The van der Waals surface area contributed by atoms with Gasteiger partial charge in [-0.3, -0.25) is 10.1 Å². The zero-order chi connectivity index (χ0) is 11.3. The molecule has 0 bridgehead atoms. The lowest BCUT2D eigenvalue weighted by molar-refractivity contribution is -0.384. The van der Waals surface area contributed by atoms with Crippen LogP contribution in [0.15, 0.2) is 12.1 Å². The summed E-state index contributed by atoms with van der Waals surface area (Å²) in [6.07, 6.45) is 0. The number of anilines is 2. The molecule has 0 saturated carbocycles. The SMILES string of the molecule is CC#CCNc1ccc([N+](=O)[O-])c(N)n1. The molecule has 0 unspecified atom stereocenters. The van der Waals surface area contributed by atoms with Gasteiger partial charge >= 0.3 is 5.69 Å². The van der Waals surface area contributed by atoms with Crippen LogP contribution in [0.5, 0.6) is 0 Å². The minimum atomic E-state index is -0.571. The fraction of sp³-hybridized carbons (Fsp3) is 0.222. The van der Waals surface area contributed by atoms with Crippen LogP contribution in [0.2, 0.25) is 0 Å². The molecule has 78 valence electrons. The highest BCUT2D eigenvalue weighted by Crippen LogP contribution is 2.20. The van der Waals surface area contributed by atoms with Gasteiger partial charge in [0.15, 0.2) is 0 Å². The number of pyridine rings is 1. The normalized spacial score (nSPS) is 8.87. The highest BCUT2D eigenvalue weighted by Gasteiger charge is 2.12. The predicted octanol–water partition coefficient (Wildman–Crippen LogP) is 1.01. The van der Waals surface area contributed by atoms with E-state index in [1.54, 1.807) is 6.92 Å². The smallest absolute Gasteiger partial charge is 0.311 e. The molecule has 0 aliphatic carbocycles. The Labute approximate surface area is 86.7 Å². The van der Waals surface area contributed by atoms with Crippen molar-refractivity contribution < 1.29 is 4.92 Å². The van der Waals surface area contributed by atoms with Gasteiger partial charge in [0.25, 0.3) is 0 Å². The van der Waals surface area contributed by atoms with Crippen molar-refractivity contribution >= 4 is 17.3 Å². The number of hydrogen-bond donors (Lipinski definition) is 2. The van der Waals surface area contributed by atoms with Crippen molar-refractivity contribution in [3.8, 4) is 11.8 Å². The Balaban J connectivity index is 2.80. The third kappa shape index (κ3) is 2.84. The van der Waals surface area contributed by atoms with Gasteiger partial charge in [0.1, 0.15) is 5.82 Å². The molecule has 0 fully saturated rings. The van der Waals surface area contributed by atoms with Crippen molar-refractivity contribution in [1.82, 2.24) is 4.98 Å². The van der Waals surface area contributed by atoms with Crippen LogP contribution in [-0.2, 0) is 0 Å². The Bertz CT molecular complexity index is 433. The van der Waals surface area contributed by atoms with Crippen molar-refractivity contribution in [2.24, 2.45) is 0 Å². The molecule has 6 nitrogen and oxygen atoms in total. The number of nitro groups is 1. The van der Waals surface area contributed by atoms with E-state index in [1.165, 1.54) is 12.1 Å². The summed E-state index contributed by atoms with van der Waals surface area (Å²) in [5.74, 6) is 5.85. The van der Waals surface area contributed by atoms with Gasteiger partial charge in [0.05, 0.1) is 11.5 Å². The Hall–Kier alpha value is -2.29. The summed E-state index contributed by atoms with van der Waals surface area (Å²) in [6, 6.07) is 2.80. The number of rotatable bonds is 3. The first-order valence-corrected chi connectivity index (χ1v) is 4.19. The Morgan fingerprint density at radius 3 is 2.93 bits per heavy atom. The fourth-order valence-electron chi connectivity index (χ4n) is 0.944. The number of aromatic nitrogens is 1. The number of nitrogens with one attached hydrogen (secondary N) is 1. The minimum absolute atomic E-state index is 0.102. The maximum atomic E-state index is 10.4. The molecule has 0 saturated heterocycles. The van der Waals surface area contributed by atoms with Gasteiger partial charge in [-0.05, 0) is 13.0 Å². The van der Waals surface area contributed by atoms with E-state index in [4.69, 9.17) is 5.73 Å². The molecule has 1 heterocycles. The van der Waals surface area contributed by atoms with Crippen LogP contribution in [0.4, 0.5) is 17.3 Å². The summed E-state index contributed by atoms with van der Waals surface area (Å²) in [7, 11) is 0. The van der Waals surface area contributed by atoms with E-state index in [0.717, 1.165) is 0 Å². The molecule has 1 rings (SSSR count). The second-order valence-corrected chi connectivity index (χ2v) is 2.64. The van der Waals surface area contributed by atoms with Crippen LogP contribution in [0, 0.1) is 22.0 Å². The minimum Gasteiger partial charge on any atom is -0.378 e. The maximum Gasteiger partial charge on any atom is 0.311 e. The van der Waals surface area contributed by atoms with Crippen molar-refractivity contribution in [3.05, 3.63) is 22.2 Å². The topological polar surface area (TPSA) is 94.1 Å². The van der Waals surface area contributed by atoms with Crippen LogP contribution in [0.3, 0.4) is 0 Å². The number of nitrogens with two attached hydrogens (primary N) is 1. The van der Waals surface area contributed by atoms with Crippen LogP contribution in [-0.4, -0.2) is 16.5 Å². The summed E-state index contributed by atoms with van der Waals surface area (Å²) >= 11 is 0. The van der Waals surface area contributed by atoms with Gasteiger partial charge in [-0.25, -0.2) is 4.98 Å². The van der Waals surface area contributed by atoms with Gasteiger partial charge in [0.2, 0.25) is 5.82 Å². The van der Waals surface area contributed by atoms with Crippen LogP contribution in [0.1, 0.15) is 6.92 Å². The number of hydrogen-bond acceptors (Lipinski definition) is 5. The summed E-state index contributed by atoms with van der Waals surface area (Å²) in [5, 5.41) is 13.3. The lowest BCUT2D eigenvalue weighted by Crippen LogP contribution is -2.04. The average Bonchev–Trinajstić information content (AvgIpc) is 2.17. The molecule has 15 heavy (non-hydrogen) atoms. The largest absolute Gasteiger partial charge is 0.378 e. The number of nitrogen functional groups attached to an aromatic ring is 1. The zero-order valence-electron chi connectivity index (χ0n) is 8.15. The highest BCUT2D eigenvalue weighted by molar-refractivity contribution is 5.57. The van der Waals surface area contributed by atoms with Crippen molar-refractivity contribution in [2.75, 3.05) is 17.6 Å². The third-order valence-electron chi connectivity index (χ3n) is 1.63. The Morgan fingerprint density at radius 2 is 2.40 bits per heavy atom. The van der Waals surface area contributed by atoms with E-state index < -0.39 is 4.92 Å². The molecular formula is C9H10N4O2. The molecule has 1 aromatic rings. The van der Waals surface area contributed by atoms with Crippen LogP contribution in [0.25, 0.3) is 0 Å². The van der Waals surface area contributed by atoms with Crippen molar-refractivity contribution in [2.45, 2.75) is 6.92 Å². The molecule has 0 atom stereocenters. The standard InChI is InChI=1S/C9H10N4O2/c1-2-3-6-11-8-5-4-7(13(14)15)9(10)12-8/h4-5H,6H2,1H3,(H3,10,11,12). The van der Waals surface area contributed by atoms with Gasteiger partial charge in [-0.1, -0.05) is 5.92 Å². The van der Waals surface area contributed by atoms with E-state index in [2.05, 4.69) is 22.1 Å². The monoisotopic (exact) mass is 206 g/mol. The lowest BCUT2D eigenvalue weighted by Gasteiger charge is -2.02. The molecule has 0 radical (unpaired) electrons. The van der Waals surface area contributed by atoms with Gasteiger partial charge < -0.3 is 11.1 Å². The molecule has 1 aromatic heterocycles. The Kier molecular flexibility index (Phi) is 3.46. The molecule has 3 N–H and O–H groups in total. The molecule has 6 heteroatoms. The molecular weight excluding hydrogens is 196 g/mol. The van der Waals surface area contributed by atoms with Gasteiger partial charge in [0, 0.05) is 6.07 Å². The fourth-order valence-corrected chi connectivity index (χ4v) is 0.944. The molecule has 0 spiro atoms. The summed E-state index contributed by atoms with van der Waals surface area (Å²) in [4.78, 5) is 13.7. The van der Waals surface area contributed by atoms with E-state index in [-0.39, 0.29) is 11.5 Å². The summed E-state index contributed by atoms with van der Waals surface area (Å²) < 4.78 is 0. The van der Waals surface area contributed by atoms with Crippen molar-refractivity contribution in [3.63, 3.8) is 0 Å². The predicted molar refractivity (Wildman–Crippen MR) is 57.2 cm³/mol. The molecule has 0 amide bonds. The van der Waals surface area contributed by atoms with Crippen molar-refractivity contribution in [1.29, 1.82) is 0 Å². The first-order valence-electron chi connectivity index (χ1n) is 4.19. The third-order valence-corrected chi connectivity index (χ3v) is 1.63. The molecule has 0 aliphatic heterocycles. The van der Waals surface area contributed by atoms with E-state index >= 15 is 0 Å². The van der Waals surface area contributed by atoms with Crippen LogP contribution >= 0.6 is 0 Å². The quantitative estimate of drug-likeness (QED) is 0.437. The summed E-state index contributed by atoms with van der Waals surface area (Å²) in [5.41, 5.74) is 5.21. The second kappa shape index (κ2) is 4.81. The maximum absolute atomic E-state index is 10.4. The molecule has 0 aliphatic rings. The lowest BCUT2D eigenvalue weighted by atomic mass is 10.4. The van der Waals surface area contributed by atoms with E-state index in [1.807, 2.05) is 0 Å². The van der Waals surface area contributed by atoms with E-state index in [9.17, 15) is 10.1 Å². The zero-order valence-corrected chi connectivity index (χ0v) is 8.15. The number of nitrogens with zero attached hydrogens (tertiary/aromatic N) is 2. The van der Waals surface area contributed by atoms with Crippen LogP contribution < -0.4 is 11.1 Å². The average molecular weight is 206 g/mol. The van der Waals surface area contributed by atoms with Gasteiger partial charge in [-0.15, -0.1) is 5.92 Å². The van der Waals surface area contributed by atoms with E-state index in [0.29, 0.717) is 12.4 Å². The second-order valence-electron chi connectivity index (χ2n) is 2.64. The van der Waals surface area contributed by atoms with Gasteiger partial charge in [-0.2, -0.15) is 0 Å².